The van der Waals surface area contributed by atoms with E-state index in [1.807, 2.05) is 0 Å². The van der Waals surface area contributed by atoms with Gasteiger partial charge in [-0.05, 0) is 24.3 Å². The Morgan fingerprint density at radius 3 is 2.35 bits per heavy atom. The third-order valence-electron chi connectivity index (χ3n) is 2.18. The van der Waals surface area contributed by atoms with Gasteiger partial charge in [-0.2, -0.15) is 8.78 Å². The maximum absolute atomic E-state index is 12.1. The number of halogens is 2. The van der Waals surface area contributed by atoms with Crippen molar-refractivity contribution >= 4 is 29.3 Å². The Morgan fingerprint density at radius 2 is 1.85 bits per heavy atom. The number of rotatable bonds is 6. The van der Waals surface area contributed by atoms with Gasteiger partial charge in [0.25, 0.3) is 11.7 Å². The molecule has 1 N–H and O–H groups in total. The zero-order valence-electron chi connectivity index (χ0n) is 11.1. The highest BCUT2D eigenvalue weighted by molar-refractivity contribution is 7.99. The predicted molar refractivity (Wildman–Crippen MR) is 72.7 cm³/mol. The topological polar surface area (TPSA) is 55.4 Å². The molecule has 1 rings (SSSR count). The fourth-order valence-electron chi connectivity index (χ4n) is 1.22. The van der Waals surface area contributed by atoms with Crippen LogP contribution in [0.1, 0.15) is 13.8 Å². The first-order valence-electron chi connectivity index (χ1n) is 5.90. The van der Waals surface area contributed by atoms with E-state index in [0.717, 1.165) is 0 Å². The molecule has 4 nitrogen and oxygen atoms in total. The number of hydrogen-bond acceptors (Lipinski definition) is 4. The summed E-state index contributed by atoms with van der Waals surface area (Å²) in [4.78, 5) is 23.1. The smallest absolute Gasteiger partial charge is 0.308 e. The van der Waals surface area contributed by atoms with E-state index in [0.29, 0.717) is 22.3 Å². The van der Waals surface area contributed by atoms with Crippen molar-refractivity contribution in [1.29, 1.82) is 0 Å². The van der Waals surface area contributed by atoms with Crippen LogP contribution in [0, 0.1) is 5.92 Å². The van der Waals surface area contributed by atoms with Gasteiger partial charge in [0.15, 0.2) is 6.61 Å². The lowest BCUT2D eigenvalue weighted by atomic mass is 10.2. The number of carbonyl (C=O) groups excluding carboxylic acids is 2. The second-order valence-corrected chi connectivity index (χ2v) is 5.28. The largest absolute Gasteiger partial charge is 0.455 e. The number of ether oxygens (including phenoxy) is 1. The van der Waals surface area contributed by atoms with Gasteiger partial charge in [-0.15, -0.1) is 0 Å². The van der Waals surface area contributed by atoms with E-state index in [4.69, 9.17) is 4.74 Å². The maximum Gasteiger partial charge on any atom is 0.308 e. The molecule has 0 aliphatic heterocycles. The highest BCUT2D eigenvalue weighted by Crippen LogP contribution is 2.26. The summed E-state index contributed by atoms with van der Waals surface area (Å²) in [5.41, 5.74) is 0.453. The van der Waals surface area contributed by atoms with E-state index in [2.05, 4.69) is 5.32 Å². The molecule has 1 amide bonds. The number of esters is 1. The lowest BCUT2D eigenvalue weighted by Crippen LogP contribution is -2.22. The van der Waals surface area contributed by atoms with E-state index in [9.17, 15) is 18.4 Å². The fraction of sp³-hybridized carbons (Fsp3) is 0.385. The average Bonchev–Trinajstić information content (AvgIpc) is 2.37. The minimum atomic E-state index is -2.48. The van der Waals surface area contributed by atoms with E-state index < -0.39 is 17.6 Å². The van der Waals surface area contributed by atoms with Crippen LogP contribution in [0.2, 0.25) is 0 Å². The third-order valence-corrected chi connectivity index (χ3v) is 2.90. The number of hydrogen-bond donors (Lipinski definition) is 1. The molecule has 0 aliphatic carbocycles. The first-order chi connectivity index (χ1) is 9.38. The number of amides is 1. The van der Waals surface area contributed by atoms with Crippen molar-refractivity contribution < 1.29 is 23.1 Å². The number of benzene rings is 1. The van der Waals surface area contributed by atoms with Gasteiger partial charge in [0.1, 0.15) is 0 Å². The SMILES string of the molecule is CC(C)C(=O)OCC(=O)Nc1ccc(SC(F)F)cc1. The van der Waals surface area contributed by atoms with Crippen LogP contribution in [-0.2, 0) is 14.3 Å². The second-order valence-electron chi connectivity index (χ2n) is 4.21. The van der Waals surface area contributed by atoms with Gasteiger partial charge in [0.05, 0.1) is 5.92 Å². The summed E-state index contributed by atoms with van der Waals surface area (Å²) in [6, 6.07) is 5.97. The Kier molecular flexibility index (Phi) is 6.44. The Labute approximate surface area is 119 Å². The van der Waals surface area contributed by atoms with E-state index >= 15 is 0 Å². The zero-order valence-corrected chi connectivity index (χ0v) is 11.9. The molecule has 0 aliphatic rings. The standard InChI is InChI=1S/C13H15F2NO3S/c1-8(2)12(18)19-7-11(17)16-9-3-5-10(6-4-9)20-13(14)15/h3-6,8,13H,7H2,1-2H3,(H,16,17). The summed E-state index contributed by atoms with van der Waals surface area (Å²) in [5.74, 6) is -3.71. The first kappa shape index (κ1) is 16.4. The molecule has 0 unspecified atom stereocenters. The molecular weight excluding hydrogens is 288 g/mol. The van der Waals surface area contributed by atoms with Gasteiger partial charge in [-0.3, -0.25) is 9.59 Å². The van der Waals surface area contributed by atoms with Gasteiger partial charge in [-0.1, -0.05) is 25.6 Å². The quantitative estimate of drug-likeness (QED) is 0.648. The van der Waals surface area contributed by atoms with Crippen molar-refractivity contribution in [2.75, 3.05) is 11.9 Å². The van der Waals surface area contributed by atoms with Crippen LogP contribution in [0.15, 0.2) is 29.2 Å². The second kappa shape index (κ2) is 7.84. The molecule has 110 valence electrons. The lowest BCUT2D eigenvalue weighted by Gasteiger charge is -2.08. The minimum absolute atomic E-state index is 0.298. The maximum atomic E-state index is 12.1. The van der Waals surface area contributed by atoms with E-state index in [1.165, 1.54) is 24.3 Å². The molecule has 0 radical (unpaired) electrons. The molecule has 0 saturated heterocycles. The van der Waals surface area contributed by atoms with Crippen molar-refractivity contribution in [3.8, 4) is 0 Å². The van der Waals surface area contributed by atoms with Crippen molar-refractivity contribution in [2.24, 2.45) is 5.92 Å². The molecule has 0 bridgehead atoms. The summed E-state index contributed by atoms with van der Waals surface area (Å²) in [6.45, 7) is 2.96. The summed E-state index contributed by atoms with van der Waals surface area (Å²) in [5, 5.41) is 2.50. The van der Waals surface area contributed by atoms with Gasteiger partial charge in [0, 0.05) is 10.6 Å². The third kappa shape index (κ3) is 6.01. The molecule has 0 aromatic heterocycles. The van der Waals surface area contributed by atoms with Crippen LogP contribution in [0.3, 0.4) is 0 Å². The number of nitrogens with one attached hydrogen (secondary N) is 1. The van der Waals surface area contributed by atoms with Crippen LogP contribution in [0.25, 0.3) is 0 Å². The molecule has 0 atom stereocenters. The Balaban J connectivity index is 2.44. The first-order valence-corrected chi connectivity index (χ1v) is 6.78. The van der Waals surface area contributed by atoms with Crippen LogP contribution < -0.4 is 5.32 Å². The molecule has 0 spiro atoms. The zero-order chi connectivity index (χ0) is 15.1. The molecule has 0 fully saturated rings. The van der Waals surface area contributed by atoms with Gasteiger partial charge >= 0.3 is 5.97 Å². The molecular formula is C13H15F2NO3S. The monoisotopic (exact) mass is 303 g/mol. The van der Waals surface area contributed by atoms with Crippen molar-refractivity contribution in [1.82, 2.24) is 0 Å². The molecule has 0 saturated carbocycles. The van der Waals surface area contributed by atoms with E-state index in [-0.39, 0.29) is 12.5 Å². The van der Waals surface area contributed by atoms with Crippen molar-refractivity contribution in [2.45, 2.75) is 24.5 Å². The number of carbonyl (C=O) groups is 2. The van der Waals surface area contributed by atoms with Crippen molar-refractivity contribution in [3.63, 3.8) is 0 Å². The number of anilines is 1. The van der Waals surface area contributed by atoms with E-state index in [1.54, 1.807) is 13.8 Å². The fourth-order valence-corrected chi connectivity index (χ4v) is 1.72. The Hall–Kier alpha value is -1.63. The summed E-state index contributed by atoms with van der Waals surface area (Å²) < 4.78 is 29.0. The van der Waals surface area contributed by atoms with Crippen LogP contribution in [0.4, 0.5) is 14.5 Å². The Bertz CT molecular complexity index is 463. The van der Waals surface area contributed by atoms with Crippen molar-refractivity contribution in [3.05, 3.63) is 24.3 Å². The molecule has 0 heterocycles. The minimum Gasteiger partial charge on any atom is -0.455 e. The summed E-state index contributed by atoms with van der Waals surface area (Å²) >= 11 is 0.428. The molecule has 20 heavy (non-hydrogen) atoms. The van der Waals surface area contributed by atoms with Gasteiger partial charge < -0.3 is 10.1 Å². The number of alkyl halides is 2. The highest BCUT2D eigenvalue weighted by atomic mass is 32.2. The van der Waals surface area contributed by atoms with Crippen LogP contribution in [-0.4, -0.2) is 24.2 Å². The van der Waals surface area contributed by atoms with Gasteiger partial charge in [0.2, 0.25) is 0 Å². The molecule has 1 aromatic carbocycles. The predicted octanol–water partition coefficient (Wildman–Crippen LogP) is 3.14. The van der Waals surface area contributed by atoms with Crippen LogP contribution in [0.5, 0.6) is 0 Å². The number of thioether (sulfide) groups is 1. The summed E-state index contributed by atoms with van der Waals surface area (Å²) in [6.07, 6.45) is 0. The summed E-state index contributed by atoms with van der Waals surface area (Å²) in [7, 11) is 0. The van der Waals surface area contributed by atoms with Gasteiger partial charge in [-0.25, -0.2) is 0 Å². The normalized spacial score (nSPS) is 10.7. The average molecular weight is 303 g/mol. The molecule has 1 aromatic rings. The molecule has 7 heteroatoms. The van der Waals surface area contributed by atoms with Crippen LogP contribution >= 0.6 is 11.8 Å². The highest BCUT2D eigenvalue weighted by Gasteiger charge is 2.11. The Morgan fingerprint density at radius 1 is 1.25 bits per heavy atom. The lowest BCUT2D eigenvalue weighted by molar-refractivity contribution is -0.150.